The standard InChI is InChI=1S/C20H23N3O6/c1-10-17(11-5-4-6-13(25-2)18(11)26-3)12-7-15-16(28-9-27-15)8-14(12)29-19(10)22-23-20(21)24/h4-8,10,17,19,22H,9H2,1-3H3,(H3,21,23,24)/t10-,17-,19+/m1/s1. The lowest BCUT2D eigenvalue weighted by atomic mass is 9.78. The van der Waals surface area contributed by atoms with E-state index in [0.29, 0.717) is 28.7 Å². The van der Waals surface area contributed by atoms with Crippen molar-refractivity contribution in [3.05, 3.63) is 41.5 Å². The molecule has 2 aliphatic rings. The third kappa shape index (κ3) is 3.33. The number of hydrogen-bond donors (Lipinski definition) is 3. The number of ether oxygens (including phenoxy) is 5. The minimum atomic E-state index is -0.701. The van der Waals surface area contributed by atoms with Crippen LogP contribution in [0.2, 0.25) is 0 Å². The van der Waals surface area contributed by atoms with Crippen molar-refractivity contribution in [3.8, 4) is 28.7 Å². The minimum absolute atomic E-state index is 0.115. The lowest BCUT2D eigenvalue weighted by Gasteiger charge is -2.38. The van der Waals surface area contributed by atoms with Gasteiger partial charge in [-0.3, -0.25) is 5.43 Å². The predicted molar refractivity (Wildman–Crippen MR) is 103 cm³/mol. The highest BCUT2D eigenvalue weighted by Crippen LogP contribution is 2.51. The quantitative estimate of drug-likeness (QED) is 0.658. The molecule has 0 bridgehead atoms. The van der Waals surface area contributed by atoms with E-state index in [4.69, 9.17) is 29.4 Å². The summed E-state index contributed by atoms with van der Waals surface area (Å²) >= 11 is 0. The first kappa shape index (κ1) is 19.0. The number of hydrogen-bond acceptors (Lipinski definition) is 7. The van der Waals surface area contributed by atoms with Gasteiger partial charge in [0, 0.05) is 29.0 Å². The third-order valence-corrected chi connectivity index (χ3v) is 5.20. The summed E-state index contributed by atoms with van der Waals surface area (Å²) in [6, 6.07) is 8.76. The SMILES string of the molecule is COc1cccc([C@@H]2c3cc4c(cc3O[C@H](NNC(N)=O)[C@@H]2C)OCO4)c1OC. The maximum Gasteiger partial charge on any atom is 0.326 e. The summed E-state index contributed by atoms with van der Waals surface area (Å²) in [6.45, 7) is 2.17. The molecule has 0 saturated heterocycles. The van der Waals surface area contributed by atoms with Gasteiger partial charge in [-0.15, -0.1) is 0 Å². The normalized spacial score (nSPS) is 21.7. The minimum Gasteiger partial charge on any atom is -0.493 e. The zero-order valence-electron chi connectivity index (χ0n) is 16.4. The van der Waals surface area contributed by atoms with Crippen LogP contribution >= 0.6 is 0 Å². The van der Waals surface area contributed by atoms with Crippen molar-refractivity contribution in [2.75, 3.05) is 21.0 Å². The number of para-hydroxylation sites is 1. The molecule has 2 heterocycles. The summed E-state index contributed by atoms with van der Waals surface area (Å²) in [6.07, 6.45) is -0.545. The van der Waals surface area contributed by atoms with Gasteiger partial charge >= 0.3 is 6.03 Å². The molecule has 0 radical (unpaired) electrons. The monoisotopic (exact) mass is 401 g/mol. The van der Waals surface area contributed by atoms with E-state index < -0.39 is 12.3 Å². The third-order valence-electron chi connectivity index (χ3n) is 5.20. The summed E-state index contributed by atoms with van der Waals surface area (Å²) in [5, 5.41) is 0. The molecule has 4 N–H and O–H groups in total. The van der Waals surface area contributed by atoms with Crippen LogP contribution in [0.15, 0.2) is 30.3 Å². The van der Waals surface area contributed by atoms with Crippen molar-refractivity contribution in [2.24, 2.45) is 11.7 Å². The molecule has 0 aliphatic carbocycles. The maximum atomic E-state index is 11.2. The lowest BCUT2D eigenvalue weighted by molar-refractivity contribution is 0.0687. The van der Waals surface area contributed by atoms with Crippen LogP contribution in [0.4, 0.5) is 4.79 Å². The molecule has 2 aliphatic heterocycles. The molecule has 154 valence electrons. The second kappa shape index (κ2) is 7.59. The predicted octanol–water partition coefficient (Wildman–Crippen LogP) is 2.09. The second-order valence-corrected chi connectivity index (χ2v) is 6.83. The summed E-state index contributed by atoms with van der Waals surface area (Å²) in [7, 11) is 3.21. The van der Waals surface area contributed by atoms with Crippen LogP contribution in [0.3, 0.4) is 0 Å². The number of nitrogens with two attached hydrogens (primary N) is 1. The van der Waals surface area contributed by atoms with Crippen LogP contribution in [0.5, 0.6) is 28.7 Å². The average molecular weight is 401 g/mol. The van der Waals surface area contributed by atoms with Gasteiger partial charge < -0.3 is 29.4 Å². The molecule has 29 heavy (non-hydrogen) atoms. The molecule has 0 fully saturated rings. The van der Waals surface area contributed by atoms with E-state index in [1.165, 1.54) is 0 Å². The van der Waals surface area contributed by atoms with Crippen LogP contribution in [0.1, 0.15) is 24.0 Å². The topological polar surface area (TPSA) is 113 Å². The van der Waals surface area contributed by atoms with Gasteiger partial charge in [0.1, 0.15) is 5.75 Å². The summed E-state index contributed by atoms with van der Waals surface area (Å²) in [5.41, 5.74) is 12.3. The molecule has 3 atom stereocenters. The van der Waals surface area contributed by atoms with Crippen LogP contribution in [-0.2, 0) is 0 Å². The van der Waals surface area contributed by atoms with E-state index in [-0.39, 0.29) is 18.6 Å². The van der Waals surface area contributed by atoms with Crippen LogP contribution < -0.4 is 40.3 Å². The molecule has 0 saturated carbocycles. The molecule has 4 rings (SSSR count). The zero-order valence-corrected chi connectivity index (χ0v) is 16.4. The van der Waals surface area contributed by atoms with Gasteiger partial charge in [0.15, 0.2) is 29.2 Å². The van der Waals surface area contributed by atoms with Crippen molar-refractivity contribution in [1.82, 2.24) is 10.9 Å². The Morgan fingerprint density at radius 3 is 2.55 bits per heavy atom. The van der Waals surface area contributed by atoms with Crippen molar-refractivity contribution >= 4 is 6.03 Å². The number of amides is 2. The molecule has 2 amide bonds. The number of hydrazine groups is 1. The Kier molecular flexibility index (Phi) is 4.98. The highest BCUT2D eigenvalue weighted by atomic mass is 16.7. The van der Waals surface area contributed by atoms with Gasteiger partial charge in [-0.2, -0.15) is 5.43 Å². The fraction of sp³-hybridized carbons (Fsp3) is 0.350. The molecular weight excluding hydrogens is 378 g/mol. The number of nitrogens with one attached hydrogen (secondary N) is 2. The van der Waals surface area contributed by atoms with Gasteiger partial charge in [0.25, 0.3) is 0 Å². The Morgan fingerprint density at radius 1 is 1.10 bits per heavy atom. The maximum absolute atomic E-state index is 11.2. The van der Waals surface area contributed by atoms with Gasteiger partial charge in [-0.05, 0) is 12.1 Å². The van der Waals surface area contributed by atoms with Gasteiger partial charge in [-0.25, -0.2) is 4.79 Å². The highest BCUT2D eigenvalue weighted by Gasteiger charge is 2.40. The van der Waals surface area contributed by atoms with Crippen LogP contribution in [0.25, 0.3) is 0 Å². The first-order chi connectivity index (χ1) is 14.0. The van der Waals surface area contributed by atoms with E-state index in [0.717, 1.165) is 11.1 Å². The van der Waals surface area contributed by atoms with Crippen molar-refractivity contribution < 1.29 is 28.5 Å². The Hall–Kier alpha value is -3.33. The molecule has 2 aromatic rings. The second-order valence-electron chi connectivity index (χ2n) is 6.83. The number of carbonyl (C=O) groups excluding carboxylic acids is 1. The number of benzene rings is 2. The van der Waals surface area contributed by atoms with E-state index >= 15 is 0 Å². The fourth-order valence-corrected chi connectivity index (χ4v) is 3.90. The van der Waals surface area contributed by atoms with E-state index in [9.17, 15) is 4.79 Å². The molecule has 2 aromatic carbocycles. The van der Waals surface area contributed by atoms with Gasteiger partial charge in [-0.1, -0.05) is 19.1 Å². The molecular formula is C20H23N3O6. The molecule has 0 spiro atoms. The van der Waals surface area contributed by atoms with E-state index in [1.54, 1.807) is 20.3 Å². The zero-order chi connectivity index (χ0) is 20.5. The van der Waals surface area contributed by atoms with Crippen molar-refractivity contribution in [1.29, 1.82) is 0 Å². The van der Waals surface area contributed by atoms with E-state index in [2.05, 4.69) is 10.9 Å². The number of methoxy groups -OCH3 is 2. The molecule has 0 unspecified atom stereocenters. The Bertz CT molecular complexity index is 935. The lowest BCUT2D eigenvalue weighted by Crippen LogP contribution is -2.54. The number of primary amides is 1. The summed E-state index contributed by atoms with van der Waals surface area (Å²) < 4.78 is 28.3. The smallest absolute Gasteiger partial charge is 0.326 e. The number of fused-ring (bicyclic) bond motifs is 2. The Morgan fingerprint density at radius 2 is 1.86 bits per heavy atom. The average Bonchev–Trinajstić information content (AvgIpc) is 3.17. The largest absolute Gasteiger partial charge is 0.493 e. The number of urea groups is 1. The highest BCUT2D eigenvalue weighted by molar-refractivity contribution is 5.71. The first-order valence-electron chi connectivity index (χ1n) is 9.15. The Balaban J connectivity index is 1.84. The number of rotatable bonds is 5. The summed E-state index contributed by atoms with van der Waals surface area (Å²) in [5.74, 6) is 2.89. The summed E-state index contributed by atoms with van der Waals surface area (Å²) in [4.78, 5) is 11.2. The molecule has 0 aromatic heterocycles. The van der Waals surface area contributed by atoms with Crippen LogP contribution in [-0.4, -0.2) is 33.3 Å². The van der Waals surface area contributed by atoms with Crippen LogP contribution in [0, 0.1) is 5.92 Å². The molecule has 9 nitrogen and oxygen atoms in total. The molecule has 9 heteroatoms. The van der Waals surface area contributed by atoms with Crippen molar-refractivity contribution in [3.63, 3.8) is 0 Å². The van der Waals surface area contributed by atoms with Gasteiger partial charge in [0.2, 0.25) is 6.79 Å². The van der Waals surface area contributed by atoms with Gasteiger partial charge in [0.05, 0.1) is 14.2 Å². The number of carbonyl (C=O) groups is 1. The first-order valence-corrected chi connectivity index (χ1v) is 9.15. The fourth-order valence-electron chi connectivity index (χ4n) is 3.90. The van der Waals surface area contributed by atoms with Crippen molar-refractivity contribution in [2.45, 2.75) is 19.1 Å². The van der Waals surface area contributed by atoms with E-state index in [1.807, 2.05) is 31.2 Å². The Labute approximate surface area is 168 Å².